The molecule has 0 aromatic heterocycles. The van der Waals surface area contributed by atoms with Crippen LogP contribution in [0.15, 0.2) is 54.2 Å². The maximum atomic E-state index is 12.7. The fourth-order valence-corrected chi connectivity index (χ4v) is 3.98. The van der Waals surface area contributed by atoms with Crippen molar-refractivity contribution >= 4 is 17.6 Å². The number of nitrogens with zero attached hydrogens (tertiary/aromatic N) is 1. The molecule has 12 heteroatoms. The second kappa shape index (κ2) is 9.97. The minimum atomic E-state index is -4.44. The number of piperidine rings is 1. The Labute approximate surface area is 204 Å². The molecule has 2 heterocycles. The van der Waals surface area contributed by atoms with Crippen LogP contribution in [0.3, 0.4) is 0 Å². The Bertz CT molecular complexity index is 1160. The summed E-state index contributed by atoms with van der Waals surface area (Å²) in [6.45, 7) is 0.860. The first-order valence-electron chi connectivity index (χ1n) is 11.1. The fourth-order valence-electron chi connectivity index (χ4n) is 3.98. The molecule has 0 aliphatic carbocycles. The minimum Gasteiger partial charge on any atom is -0.504 e. The lowest BCUT2D eigenvalue weighted by molar-refractivity contribution is -0.137. The maximum absolute atomic E-state index is 12.7. The average molecular weight is 506 g/mol. The number of likely N-dealkylation sites (tertiary alicyclic amines) is 1. The molecule has 4 N–H and O–H groups in total. The van der Waals surface area contributed by atoms with Crippen LogP contribution in [0.5, 0.6) is 11.5 Å². The molecule has 36 heavy (non-hydrogen) atoms. The number of benzene rings is 2. The highest BCUT2D eigenvalue weighted by molar-refractivity contribution is 5.93. The molecule has 4 rings (SSSR count). The van der Waals surface area contributed by atoms with Gasteiger partial charge in [0, 0.05) is 38.2 Å². The Morgan fingerprint density at radius 3 is 2.50 bits per heavy atom. The van der Waals surface area contributed by atoms with Crippen molar-refractivity contribution in [2.75, 3.05) is 25.5 Å². The molecule has 192 valence electrons. The second-order valence-corrected chi connectivity index (χ2v) is 8.51. The molecule has 1 saturated heterocycles. The predicted molar refractivity (Wildman–Crippen MR) is 123 cm³/mol. The highest BCUT2D eigenvalue weighted by Crippen LogP contribution is 2.33. The predicted octanol–water partition coefficient (Wildman–Crippen LogP) is 3.52. The zero-order valence-electron chi connectivity index (χ0n) is 19.3. The molecule has 0 bridgehead atoms. The van der Waals surface area contributed by atoms with Crippen LogP contribution in [0, 0.1) is 0 Å². The molecule has 9 nitrogen and oxygen atoms in total. The lowest BCUT2D eigenvalue weighted by Gasteiger charge is -2.36. The summed E-state index contributed by atoms with van der Waals surface area (Å²) in [4.78, 5) is 32.4. The van der Waals surface area contributed by atoms with Gasteiger partial charge in [-0.3, -0.25) is 15.1 Å². The van der Waals surface area contributed by atoms with E-state index in [0.717, 1.165) is 17.7 Å². The summed E-state index contributed by atoms with van der Waals surface area (Å²) < 4.78 is 43.2. The number of hydrogen-bond acceptors (Lipinski definition) is 6. The standard InChI is InChI=1S/C24H25F3N4O5/c1-35-20-12-15(2-7-19(20)32)14-28-21(33)18-13-23(36-30-18)8-10-31(11-9-23)22(34)29-17-5-3-16(4-6-17)24(25,26)27/h2-7,12-13,30,32H,8-11,14H2,1H3,(H,28,33)(H,29,34). The number of methoxy groups -OCH3 is 1. The van der Waals surface area contributed by atoms with E-state index in [4.69, 9.17) is 9.57 Å². The molecule has 0 radical (unpaired) electrons. The monoisotopic (exact) mass is 506 g/mol. The molecule has 1 fully saturated rings. The van der Waals surface area contributed by atoms with E-state index >= 15 is 0 Å². The number of hydrogen-bond donors (Lipinski definition) is 4. The van der Waals surface area contributed by atoms with E-state index in [2.05, 4.69) is 16.1 Å². The molecule has 0 unspecified atom stereocenters. The summed E-state index contributed by atoms with van der Waals surface area (Å²) in [5.41, 5.74) is 2.37. The molecule has 3 amide bonds. The summed E-state index contributed by atoms with van der Waals surface area (Å²) >= 11 is 0. The minimum absolute atomic E-state index is 0.00229. The molecule has 2 aliphatic rings. The highest BCUT2D eigenvalue weighted by Gasteiger charge is 2.41. The van der Waals surface area contributed by atoms with Crippen molar-refractivity contribution in [2.24, 2.45) is 0 Å². The van der Waals surface area contributed by atoms with Crippen LogP contribution in [-0.2, 0) is 22.4 Å². The van der Waals surface area contributed by atoms with E-state index in [1.54, 1.807) is 18.2 Å². The average Bonchev–Trinajstić information content (AvgIpc) is 3.27. The van der Waals surface area contributed by atoms with Crippen LogP contribution in [-0.4, -0.2) is 47.7 Å². The summed E-state index contributed by atoms with van der Waals surface area (Å²) in [5.74, 6) is -0.0692. The number of carbonyl (C=O) groups is 2. The number of hydroxylamine groups is 1. The van der Waals surface area contributed by atoms with Crippen LogP contribution >= 0.6 is 0 Å². The number of urea groups is 1. The van der Waals surface area contributed by atoms with Crippen LogP contribution in [0.4, 0.5) is 23.7 Å². The summed E-state index contributed by atoms with van der Waals surface area (Å²) in [6.07, 6.45) is -1.90. The largest absolute Gasteiger partial charge is 0.504 e. The number of anilines is 1. The first-order chi connectivity index (χ1) is 17.1. The van der Waals surface area contributed by atoms with E-state index < -0.39 is 23.4 Å². The van der Waals surface area contributed by atoms with Gasteiger partial charge in [-0.05, 0) is 48.0 Å². The number of phenols is 1. The first kappa shape index (κ1) is 25.2. The third-order valence-electron chi connectivity index (χ3n) is 6.07. The third-order valence-corrected chi connectivity index (χ3v) is 6.07. The molecule has 0 saturated carbocycles. The van der Waals surface area contributed by atoms with Crippen LogP contribution in [0.25, 0.3) is 0 Å². The Morgan fingerprint density at radius 1 is 1.17 bits per heavy atom. The smallest absolute Gasteiger partial charge is 0.416 e. The van der Waals surface area contributed by atoms with Crippen molar-refractivity contribution in [3.63, 3.8) is 0 Å². The number of carbonyl (C=O) groups excluding carboxylic acids is 2. The zero-order valence-corrected chi connectivity index (χ0v) is 19.3. The molecule has 2 aromatic rings. The van der Waals surface area contributed by atoms with Gasteiger partial charge in [0.2, 0.25) is 0 Å². The number of amides is 3. The zero-order chi connectivity index (χ0) is 25.9. The molecule has 2 aliphatic heterocycles. The van der Waals surface area contributed by atoms with Gasteiger partial charge in [-0.2, -0.15) is 13.2 Å². The quantitative estimate of drug-likeness (QED) is 0.494. The Hall–Kier alpha value is -3.93. The first-order valence-corrected chi connectivity index (χ1v) is 11.1. The van der Waals surface area contributed by atoms with E-state index in [9.17, 15) is 27.9 Å². The maximum Gasteiger partial charge on any atom is 0.416 e. The number of ether oxygens (including phenoxy) is 1. The Kier molecular flexibility index (Phi) is 6.97. The van der Waals surface area contributed by atoms with Crippen LogP contribution in [0.2, 0.25) is 0 Å². The van der Waals surface area contributed by atoms with Crippen LogP contribution < -0.4 is 20.9 Å². The number of phenolic OH excluding ortho intramolecular Hbond substituents is 1. The van der Waals surface area contributed by atoms with E-state index in [-0.39, 0.29) is 29.6 Å². The SMILES string of the molecule is COc1cc(CNC(=O)C2=CC3(CCN(C(=O)Nc4ccc(C(F)(F)F)cc4)CC3)ON2)ccc1O. The fraction of sp³-hybridized carbons (Fsp3) is 0.333. The van der Waals surface area contributed by atoms with Gasteiger partial charge < -0.3 is 25.4 Å². The molecular formula is C24H25F3N4O5. The topological polar surface area (TPSA) is 112 Å². The van der Waals surface area contributed by atoms with Crippen molar-refractivity contribution in [2.45, 2.75) is 31.2 Å². The van der Waals surface area contributed by atoms with E-state index in [1.807, 2.05) is 0 Å². The van der Waals surface area contributed by atoms with Crippen molar-refractivity contribution < 1.29 is 37.4 Å². The number of alkyl halides is 3. The summed E-state index contributed by atoms with van der Waals surface area (Å²) in [7, 11) is 1.44. The van der Waals surface area contributed by atoms with Gasteiger partial charge in [-0.25, -0.2) is 4.79 Å². The normalized spacial score (nSPS) is 16.8. The molecular weight excluding hydrogens is 481 g/mol. The molecule has 1 spiro atoms. The van der Waals surface area contributed by atoms with Gasteiger partial charge in [-0.1, -0.05) is 6.07 Å². The highest BCUT2D eigenvalue weighted by atomic mass is 19.4. The van der Waals surface area contributed by atoms with Crippen molar-refractivity contribution in [3.8, 4) is 11.5 Å². The third kappa shape index (κ3) is 5.65. The number of rotatable bonds is 5. The van der Waals surface area contributed by atoms with E-state index in [0.29, 0.717) is 31.7 Å². The second-order valence-electron chi connectivity index (χ2n) is 8.51. The Morgan fingerprint density at radius 2 is 1.86 bits per heavy atom. The lowest BCUT2D eigenvalue weighted by Crippen LogP contribution is -2.48. The summed E-state index contributed by atoms with van der Waals surface area (Å²) in [6, 6.07) is 8.57. The number of halogens is 3. The van der Waals surface area contributed by atoms with Crippen LogP contribution in [0.1, 0.15) is 24.0 Å². The summed E-state index contributed by atoms with van der Waals surface area (Å²) in [5, 5.41) is 15.0. The van der Waals surface area contributed by atoms with Gasteiger partial charge in [0.25, 0.3) is 5.91 Å². The van der Waals surface area contributed by atoms with Gasteiger partial charge in [0.1, 0.15) is 11.3 Å². The number of aromatic hydroxyl groups is 1. The molecule has 2 aromatic carbocycles. The van der Waals surface area contributed by atoms with Gasteiger partial charge in [-0.15, -0.1) is 0 Å². The van der Waals surface area contributed by atoms with Crippen molar-refractivity contribution in [3.05, 3.63) is 65.4 Å². The lowest BCUT2D eigenvalue weighted by atomic mass is 9.91. The van der Waals surface area contributed by atoms with E-state index in [1.165, 1.54) is 30.2 Å². The van der Waals surface area contributed by atoms with Gasteiger partial charge in [0.15, 0.2) is 11.5 Å². The van der Waals surface area contributed by atoms with Crippen molar-refractivity contribution in [1.82, 2.24) is 15.7 Å². The number of nitrogens with one attached hydrogen (secondary N) is 3. The molecule has 0 atom stereocenters. The van der Waals surface area contributed by atoms with Crippen molar-refractivity contribution in [1.29, 1.82) is 0 Å². The van der Waals surface area contributed by atoms with Gasteiger partial charge >= 0.3 is 12.2 Å². The van der Waals surface area contributed by atoms with Gasteiger partial charge in [0.05, 0.1) is 12.7 Å². The Balaban J connectivity index is 1.28.